The fourth-order valence-corrected chi connectivity index (χ4v) is 3.30. The average Bonchev–Trinajstić information content (AvgIpc) is 2.70. The number of nitrogen functional groups attached to an aromatic ring is 1. The van der Waals surface area contributed by atoms with Gasteiger partial charge in [0.05, 0.1) is 0 Å². The zero-order valence-corrected chi connectivity index (χ0v) is 13.9. The Morgan fingerprint density at radius 2 is 0.840 bits per heavy atom. The van der Waals surface area contributed by atoms with E-state index in [0.29, 0.717) is 0 Å². The van der Waals surface area contributed by atoms with Gasteiger partial charge in [-0.15, -0.1) is 0 Å². The van der Waals surface area contributed by atoms with E-state index in [2.05, 4.69) is 78.9 Å². The van der Waals surface area contributed by atoms with Crippen molar-refractivity contribution in [3.05, 3.63) is 103 Å². The predicted octanol–water partition coefficient (Wildman–Crippen LogP) is 6.27. The third kappa shape index (κ3) is 2.92. The van der Waals surface area contributed by atoms with Crippen LogP contribution in [0.1, 0.15) is 0 Å². The van der Waals surface area contributed by atoms with Crippen molar-refractivity contribution in [2.75, 3.05) is 5.73 Å². The van der Waals surface area contributed by atoms with Crippen LogP contribution in [0.2, 0.25) is 0 Å². The van der Waals surface area contributed by atoms with Gasteiger partial charge in [-0.05, 0) is 33.9 Å². The molecule has 0 heterocycles. The minimum atomic E-state index is 0.796. The van der Waals surface area contributed by atoms with E-state index in [4.69, 9.17) is 5.73 Å². The van der Waals surface area contributed by atoms with Crippen molar-refractivity contribution in [1.82, 2.24) is 0 Å². The van der Waals surface area contributed by atoms with Gasteiger partial charge in [0.2, 0.25) is 0 Å². The van der Waals surface area contributed by atoms with E-state index in [9.17, 15) is 0 Å². The average molecular weight is 321 g/mol. The third-order valence-corrected chi connectivity index (χ3v) is 4.45. The summed E-state index contributed by atoms with van der Waals surface area (Å²) in [6.07, 6.45) is 0. The Balaban J connectivity index is 2.08. The van der Waals surface area contributed by atoms with E-state index < -0.39 is 0 Å². The van der Waals surface area contributed by atoms with Crippen molar-refractivity contribution in [1.29, 1.82) is 0 Å². The molecule has 4 rings (SSSR count). The lowest BCUT2D eigenvalue weighted by Gasteiger charge is -2.18. The maximum Gasteiger partial charge on any atom is 0.0400 e. The zero-order valence-electron chi connectivity index (χ0n) is 13.9. The molecule has 4 aromatic rings. The van der Waals surface area contributed by atoms with Gasteiger partial charge in [-0.2, -0.15) is 0 Å². The van der Waals surface area contributed by atoms with E-state index in [-0.39, 0.29) is 0 Å². The molecule has 0 aliphatic carbocycles. The summed E-state index contributed by atoms with van der Waals surface area (Å²) in [4.78, 5) is 0. The molecular formula is C24H19N. The van der Waals surface area contributed by atoms with E-state index in [1.54, 1.807) is 0 Å². The number of hydrogen-bond donors (Lipinski definition) is 1. The van der Waals surface area contributed by atoms with Crippen LogP contribution < -0.4 is 5.73 Å². The smallest absolute Gasteiger partial charge is 0.0400 e. The Bertz CT molecular complexity index is 974. The fourth-order valence-electron chi connectivity index (χ4n) is 3.30. The molecule has 4 aromatic carbocycles. The summed E-state index contributed by atoms with van der Waals surface area (Å²) in [6, 6.07) is 35.5. The van der Waals surface area contributed by atoms with Crippen molar-refractivity contribution < 1.29 is 0 Å². The van der Waals surface area contributed by atoms with Crippen LogP contribution in [0.4, 0.5) is 5.69 Å². The summed E-state index contributed by atoms with van der Waals surface area (Å²) in [7, 11) is 0. The van der Waals surface area contributed by atoms with Crippen LogP contribution in [0.15, 0.2) is 103 Å². The predicted molar refractivity (Wildman–Crippen MR) is 107 cm³/mol. The van der Waals surface area contributed by atoms with E-state index >= 15 is 0 Å². The first-order valence-corrected chi connectivity index (χ1v) is 8.43. The van der Waals surface area contributed by atoms with Crippen molar-refractivity contribution in [3.8, 4) is 33.4 Å². The molecule has 0 aromatic heterocycles. The molecule has 0 spiro atoms. The van der Waals surface area contributed by atoms with Crippen LogP contribution in [-0.2, 0) is 0 Å². The van der Waals surface area contributed by atoms with Gasteiger partial charge >= 0.3 is 0 Å². The molecule has 0 saturated heterocycles. The second-order valence-corrected chi connectivity index (χ2v) is 6.05. The molecule has 0 saturated carbocycles. The van der Waals surface area contributed by atoms with Crippen LogP contribution in [0.5, 0.6) is 0 Å². The monoisotopic (exact) mass is 321 g/mol. The molecule has 1 nitrogen and oxygen atoms in total. The highest BCUT2D eigenvalue weighted by Crippen LogP contribution is 2.43. The minimum Gasteiger partial charge on any atom is -0.398 e. The lowest BCUT2D eigenvalue weighted by molar-refractivity contribution is 1.55. The highest BCUT2D eigenvalue weighted by atomic mass is 14.6. The largest absolute Gasteiger partial charge is 0.398 e. The van der Waals surface area contributed by atoms with Gasteiger partial charge in [0.25, 0.3) is 0 Å². The molecule has 0 radical (unpaired) electrons. The Hall–Kier alpha value is -3.32. The van der Waals surface area contributed by atoms with Crippen molar-refractivity contribution in [3.63, 3.8) is 0 Å². The van der Waals surface area contributed by atoms with Crippen LogP contribution in [-0.4, -0.2) is 0 Å². The van der Waals surface area contributed by atoms with Gasteiger partial charge in [-0.25, -0.2) is 0 Å². The van der Waals surface area contributed by atoms with Crippen molar-refractivity contribution in [2.24, 2.45) is 0 Å². The van der Waals surface area contributed by atoms with E-state index in [1.807, 2.05) is 24.3 Å². The van der Waals surface area contributed by atoms with Gasteiger partial charge in [-0.1, -0.05) is 97.1 Å². The second kappa shape index (κ2) is 6.66. The first kappa shape index (κ1) is 15.2. The highest BCUT2D eigenvalue weighted by Gasteiger charge is 2.16. The molecule has 25 heavy (non-hydrogen) atoms. The van der Waals surface area contributed by atoms with E-state index in [0.717, 1.165) is 16.8 Å². The summed E-state index contributed by atoms with van der Waals surface area (Å²) >= 11 is 0. The summed E-state index contributed by atoms with van der Waals surface area (Å²) < 4.78 is 0. The number of hydrogen-bond acceptors (Lipinski definition) is 1. The maximum atomic E-state index is 6.44. The molecular weight excluding hydrogens is 302 g/mol. The number of nitrogens with two attached hydrogens (primary N) is 1. The molecule has 1 heteroatoms. The molecule has 0 aliphatic rings. The molecule has 0 aliphatic heterocycles. The van der Waals surface area contributed by atoms with Crippen LogP contribution in [0.3, 0.4) is 0 Å². The van der Waals surface area contributed by atoms with Crippen LogP contribution >= 0.6 is 0 Å². The molecule has 0 unspecified atom stereocenters. The third-order valence-electron chi connectivity index (χ3n) is 4.45. The Morgan fingerprint density at radius 3 is 1.36 bits per heavy atom. The first-order valence-electron chi connectivity index (χ1n) is 8.43. The van der Waals surface area contributed by atoms with Gasteiger partial charge in [0.1, 0.15) is 0 Å². The molecule has 0 amide bonds. The van der Waals surface area contributed by atoms with Gasteiger partial charge in [0.15, 0.2) is 0 Å². The Labute approximate surface area is 148 Å². The molecule has 0 bridgehead atoms. The van der Waals surface area contributed by atoms with E-state index in [1.165, 1.54) is 22.3 Å². The summed E-state index contributed by atoms with van der Waals surface area (Å²) in [6.45, 7) is 0. The lowest BCUT2D eigenvalue weighted by atomic mass is 9.86. The van der Waals surface area contributed by atoms with Gasteiger partial charge in [-0.3, -0.25) is 0 Å². The normalized spacial score (nSPS) is 10.6. The molecule has 0 atom stereocenters. The maximum absolute atomic E-state index is 6.44. The van der Waals surface area contributed by atoms with Crippen molar-refractivity contribution in [2.45, 2.75) is 0 Å². The topological polar surface area (TPSA) is 26.0 Å². The van der Waals surface area contributed by atoms with Gasteiger partial charge in [0, 0.05) is 11.3 Å². The summed E-state index contributed by atoms with van der Waals surface area (Å²) in [5.41, 5.74) is 14.2. The molecule has 120 valence electrons. The quantitative estimate of drug-likeness (QED) is 0.442. The number of benzene rings is 4. The molecule has 2 N–H and O–H groups in total. The SMILES string of the molecule is Nc1ccc(-c2ccccc2)c(-c2ccccc2)c1-c1ccccc1. The van der Waals surface area contributed by atoms with Gasteiger partial charge < -0.3 is 5.73 Å². The van der Waals surface area contributed by atoms with Crippen LogP contribution in [0, 0.1) is 0 Å². The lowest BCUT2D eigenvalue weighted by Crippen LogP contribution is -1.96. The summed E-state index contributed by atoms with van der Waals surface area (Å²) in [5, 5.41) is 0. The first-order chi connectivity index (χ1) is 12.3. The van der Waals surface area contributed by atoms with Crippen molar-refractivity contribution >= 4 is 5.69 Å². The summed E-state index contributed by atoms with van der Waals surface area (Å²) in [5.74, 6) is 0. The second-order valence-electron chi connectivity index (χ2n) is 6.05. The number of anilines is 1. The Kier molecular flexibility index (Phi) is 4.05. The van der Waals surface area contributed by atoms with Crippen LogP contribution in [0.25, 0.3) is 33.4 Å². The highest BCUT2D eigenvalue weighted by molar-refractivity contribution is 5.99. The fraction of sp³-hybridized carbons (Fsp3) is 0. The Morgan fingerprint density at radius 1 is 0.400 bits per heavy atom. The number of rotatable bonds is 3. The minimum absolute atomic E-state index is 0.796. The standard InChI is InChI=1S/C24H19N/c25-22-17-16-21(18-10-4-1-5-11-18)23(19-12-6-2-7-13-19)24(22)20-14-8-3-9-15-20/h1-17H,25H2. The molecule has 0 fully saturated rings. The zero-order chi connectivity index (χ0) is 17.1.